The van der Waals surface area contributed by atoms with Gasteiger partial charge in [0.05, 0.1) is 5.69 Å². The molecule has 0 saturated heterocycles. The van der Waals surface area contributed by atoms with E-state index in [4.69, 9.17) is 16.2 Å². The van der Waals surface area contributed by atoms with Crippen molar-refractivity contribution in [3.05, 3.63) is 18.2 Å². The lowest BCUT2D eigenvalue weighted by atomic mass is 9.92. The number of carbonyl (C=O) groups excluding carboxylic acids is 1. The SMILES string of the molecule is CCC(N)CN1C(=O)C(CC)(CC)Oc2ccc(N)cc21. The Morgan fingerprint density at radius 1 is 1.29 bits per heavy atom. The van der Waals surface area contributed by atoms with Gasteiger partial charge in [-0.15, -0.1) is 0 Å². The summed E-state index contributed by atoms with van der Waals surface area (Å²) in [6, 6.07) is 5.35. The topological polar surface area (TPSA) is 81.6 Å². The molecule has 5 nitrogen and oxygen atoms in total. The molecule has 1 amide bonds. The Bertz CT molecular complexity index is 526. The van der Waals surface area contributed by atoms with Crippen molar-refractivity contribution in [3.8, 4) is 5.75 Å². The zero-order valence-corrected chi connectivity index (χ0v) is 13.1. The first-order valence-electron chi connectivity index (χ1n) is 7.63. The molecule has 0 radical (unpaired) electrons. The van der Waals surface area contributed by atoms with E-state index in [1.54, 1.807) is 17.0 Å². The fraction of sp³-hybridized carbons (Fsp3) is 0.562. The Kier molecular flexibility index (Phi) is 4.42. The Labute approximate surface area is 126 Å². The second-order valence-corrected chi connectivity index (χ2v) is 5.61. The van der Waals surface area contributed by atoms with Crippen LogP contribution in [0.2, 0.25) is 0 Å². The van der Waals surface area contributed by atoms with E-state index in [0.29, 0.717) is 30.8 Å². The van der Waals surface area contributed by atoms with Gasteiger partial charge in [-0.25, -0.2) is 0 Å². The van der Waals surface area contributed by atoms with Crippen molar-refractivity contribution in [2.75, 3.05) is 17.2 Å². The van der Waals surface area contributed by atoms with E-state index >= 15 is 0 Å². The molecule has 1 aromatic rings. The molecular weight excluding hydrogens is 266 g/mol. The number of rotatable bonds is 5. The summed E-state index contributed by atoms with van der Waals surface area (Å²) in [5, 5.41) is 0. The number of anilines is 2. The smallest absolute Gasteiger partial charge is 0.271 e. The highest BCUT2D eigenvalue weighted by atomic mass is 16.5. The Morgan fingerprint density at radius 3 is 2.52 bits per heavy atom. The second-order valence-electron chi connectivity index (χ2n) is 5.61. The Balaban J connectivity index is 2.49. The molecule has 0 aromatic heterocycles. The summed E-state index contributed by atoms with van der Waals surface area (Å²) in [5.74, 6) is 0.685. The van der Waals surface area contributed by atoms with Crippen LogP contribution in [0.1, 0.15) is 40.0 Å². The summed E-state index contributed by atoms with van der Waals surface area (Å²) >= 11 is 0. The molecule has 1 aromatic carbocycles. The minimum atomic E-state index is -0.795. The fourth-order valence-corrected chi connectivity index (χ4v) is 2.68. The Hall–Kier alpha value is -1.75. The molecule has 0 aliphatic carbocycles. The monoisotopic (exact) mass is 291 g/mol. The highest BCUT2D eigenvalue weighted by Gasteiger charge is 2.46. The maximum atomic E-state index is 12.9. The first-order valence-corrected chi connectivity index (χ1v) is 7.63. The minimum absolute atomic E-state index is 0.0190. The maximum absolute atomic E-state index is 12.9. The lowest BCUT2D eigenvalue weighted by Gasteiger charge is -2.42. The average Bonchev–Trinajstić information content (AvgIpc) is 2.50. The summed E-state index contributed by atoms with van der Waals surface area (Å²) in [5.41, 5.74) is 12.5. The van der Waals surface area contributed by atoms with Gasteiger partial charge in [-0.1, -0.05) is 20.8 Å². The van der Waals surface area contributed by atoms with E-state index in [1.165, 1.54) is 0 Å². The molecule has 0 fully saturated rings. The van der Waals surface area contributed by atoms with Crippen LogP contribution in [-0.4, -0.2) is 24.1 Å². The molecule has 1 heterocycles. The Morgan fingerprint density at radius 2 is 1.95 bits per heavy atom. The van der Waals surface area contributed by atoms with Crippen LogP contribution in [0.25, 0.3) is 0 Å². The number of ether oxygens (including phenoxy) is 1. The predicted molar refractivity (Wildman–Crippen MR) is 85.4 cm³/mol. The average molecular weight is 291 g/mol. The van der Waals surface area contributed by atoms with Crippen molar-refractivity contribution in [3.63, 3.8) is 0 Å². The molecule has 1 unspecified atom stereocenters. The summed E-state index contributed by atoms with van der Waals surface area (Å²) in [6.45, 7) is 6.45. The molecule has 1 aliphatic heterocycles. The van der Waals surface area contributed by atoms with Crippen molar-refractivity contribution < 1.29 is 9.53 Å². The van der Waals surface area contributed by atoms with Gasteiger partial charge in [-0.2, -0.15) is 0 Å². The third kappa shape index (κ3) is 2.70. The number of nitrogens with two attached hydrogens (primary N) is 2. The van der Waals surface area contributed by atoms with Crippen LogP contribution in [0.3, 0.4) is 0 Å². The third-order valence-electron chi connectivity index (χ3n) is 4.30. The first kappa shape index (κ1) is 15.6. The number of nitrogen functional groups attached to an aromatic ring is 1. The summed E-state index contributed by atoms with van der Waals surface area (Å²) < 4.78 is 6.04. The quantitative estimate of drug-likeness (QED) is 0.816. The molecule has 116 valence electrons. The standard InChI is InChI=1S/C16H25N3O2/c1-4-11(17)10-19-13-9-12(18)7-8-14(13)21-16(5-2,6-3)15(19)20/h7-9,11H,4-6,10,17-18H2,1-3H3. The van der Waals surface area contributed by atoms with Crippen molar-refractivity contribution in [2.45, 2.75) is 51.7 Å². The van der Waals surface area contributed by atoms with Gasteiger partial charge in [0.2, 0.25) is 0 Å². The molecule has 0 saturated carbocycles. The van der Waals surface area contributed by atoms with Gasteiger partial charge in [0.25, 0.3) is 5.91 Å². The van der Waals surface area contributed by atoms with E-state index in [9.17, 15) is 4.79 Å². The van der Waals surface area contributed by atoms with Crippen LogP contribution in [0.4, 0.5) is 11.4 Å². The molecule has 2 rings (SSSR count). The molecule has 1 atom stereocenters. The third-order valence-corrected chi connectivity index (χ3v) is 4.30. The number of carbonyl (C=O) groups is 1. The molecule has 0 bridgehead atoms. The van der Waals surface area contributed by atoms with Gasteiger partial charge in [0, 0.05) is 18.3 Å². The largest absolute Gasteiger partial charge is 0.475 e. The van der Waals surface area contributed by atoms with Crippen molar-refractivity contribution in [2.24, 2.45) is 5.73 Å². The predicted octanol–water partition coefficient (Wildman–Crippen LogP) is 2.29. The molecule has 4 N–H and O–H groups in total. The molecule has 1 aliphatic rings. The zero-order valence-electron chi connectivity index (χ0n) is 13.1. The number of nitrogens with zero attached hydrogens (tertiary/aromatic N) is 1. The van der Waals surface area contributed by atoms with Crippen LogP contribution in [0, 0.1) is 0 Å². The second kappa shape index (κ2) is 5.93. The number of fused-ring (bicyclic) bond motifs is 1. The van der Waals surface area contributed by atoms with Crippen molar-refractivity contribution in [1.82, 2.24) is 0 Å². The van der Waals surface area contributed by atoms with E-state index in [1.807, 2.05) is 26.8 Å². The highest BCUT2D eigenvalue weighted by molar-refractivity contribution is 6.03. The van der Waals surface area contributed by atoms with E-state index in [0.717, 1.165) is 12.1 Å². The number of hydrogen-bond donors (Lipinski definition) is 2. The summed E-state index contributed by atoms with van der Waals surface area (Å²) in [7, 11) is 0. The van der Waals surface area contributed by atoms with E-state index in [2.05, 4.69) is 0 Å². The fourth-order valence-electron chi connectivity index (χ4n) is 2.68. The zero-order chi connectivity index (χ0) is 15.6. The van der Waals surface area contributed by atoms with Crippen LogP contribution in [-0.2, 0) is 4.79 Å². The summed E-state index contributed by atoms with van der Waals surface area (Å²) in [4.78, 5) is 14.7. The van der Waals surface area contributed by atoms with Gasteiger partial charge in [-0.05, 0) is 37.5 Å². The molecule has 0 spiro atoms. The highest BCUT2D eigenvalue weighted by Crippen LogP contribution is 2.41. The molecule has 5 heteroatoms. The van der Waals surface area contributed by atoms with Crippen LogP contribution in [0.15, 0.2) is 18.2 Å². The van der Waals surface area contributed by atoms with Crippen LogP contribution < -0.4 is 21.1 Å². The van der Waals surface area contributed by atoms with Gasteiger partial charge >= 0.3 is 0 Å². The van der Waals surface area contributed by atoms with Gasteiger partial charge in [-0.3, -0.25) is 4.79 Å². The molecular formula is C16H25N3O2. The van der Waals surface area contributed by atoms with Crippen molar-refractivity contribution in [1.29, 1.82) is 0 Å². The van der Waals surface area contributed by atoms with Gasteiger partial charge in [0.1, 0.15) is 5.75 Å². The normalized spacial score (nSPS) is 18.1. The maximum Gasteiger partial charge on any atom is 0.271 e. The first-order chi connectivity index (χ1) is 9.97. The summed E-state index contributed by atoms with van der Waals surface area (Å²) in [6.07, 6.45) is 2.07. The van der Waals surface area contributed by atoms with E-state index < -0.39 is 5.60 Å². The van der Waals surface area contributed by atoms with Gasteiger partial charge in [0.15, 0.2) is 5.60 Å². The molecule has 21 heavy (non-hydrogen) atoms. The lowest BCUT2D eigenvalue weighted by molar-refractivity contribution is -0.136. The lowest BCUT2D eigenvalue weighted by Crippen LogP contribution is -2.57. The van der Waals surface area contributed by atoms with E-state index in [-0.39, 0.29) is 11.9 Å². The van der Waals surface area contributed by atoms with Crippen molar-refractivity contribution >= 4 is 17.3 Å². The number of benzene rings is 1. The van der Waals surface area contributed by atoms with Crippen LogP contribution >= 0.6 is 0 Å². The number of hydrogen-bond acceptors (Lipinski definition) is 4. The minimum Gasteiger partial charge on any atom is -0.475 e. The number of amides is 1. The van der Waals surface area contributed by atoms with Crippen LogP contribution in [0.5, 0.6) is 5.75 Å². The van der Waals surface area contributed by atoms with Gasteiger partial charge < -0.3 is 21.1 Å².